The van der Waals surface area contributed by atoms with E-state index in [-0.39, 0.29) is 18.0 Å². The number of carboxylic acid groups (broad SMARTS) is 1. The molecule has 1 amide bonds. The van der Waals surface area contributed by atoms with Crippen molar-refractivity contribution in [3.63, 3.8) is 0 Å². The van der Waals surface area contributed by atoms with E-state index in [1.54, 1.807) is 18.3 Å². The fraction of sp³-hybridized carbons (Fsp3) is 0.250. The molecule has 124 valence electrons. The van der Waals surface area contributed by atoms with E-state index in [4.69, 9.17) is 0 Å². The van der Waals surface area contributed by atoms with Gasteiger partial charge in [-0.15, -0.1) is 11.3 Å². The van der Waals surface area contributed by atoms with Crippen molar-refractivity contribution >= 4 is 39.7 Å². The number of para-hydroxylation sites is 1. The fourth-order valence-electron chi connectivity index (χ4n) is 2.38. The summed E-state index contributed by atoms with van der Waals surface area (Å²) >= 11 is 1.41. The number of rotatable bonds is 5. The summed E-state index contributed by atoms with van der Waals surface area (Å²) < 4.78 is 0. The number of carbonyl (C=O) groups excluding carboxylic acids is 1. The van der Waals surface area contributed by atoms with Crippen molar-refractivity contribution in [2.75, 3.05) is 10.3 Å². The first-order valence-electron chi connectivity index (χ1n) is 7.49. The van der Waals surface area contributed by atoms with Crippen LogP contribution in [0.1, 0.15) is 18.2 Å². The van der Waals surface area contributed by atoms with Crippen LogP contribution in [0.25, 0.3) is 0 Å². The van der Waals surface area contributed by atoms with Gasteiger partial charge in [-0.1, -0.05) is 25.1 Å². The van der Waals surface area contributed by atoms with Crippen LogP contribution in [0, 0.1) is 0 Å². The quantitative estimate of drug-likeness (QED) is 0.868. The maximum absolute atomic E-state index is 12.6. The normalized spacial score (nSPS) is 16.8. The maximum atomic E-state index is 12.6. The van der Waals surface area contributed by atoms with Gasteiger partial charge in [0.1, 0.15) is 11.8 Å². The Morgan fingerprint density at radius 1 is 1.38 bits per heavy atom. The van der Waals surface area contributed by atoms with E-state index in [0.29, 0.717) is 10.8 Å². The van der Waals surface area contributed by atoms with Gasteiger partial charge in [-0.05, 0) is 18.6 Å². The molecule has 0 saturated carbocycles. The van der Waals surface area contributed by atoms with Gasteiger partial charge in [0.25, 0.3) is 5.91 Å². The van der Waals surface area contributed by atoms with Gasteiger partial charge in [0.05, 0.1) is 5.69 Å². The van der Waals surface area contributed by atoms with Crippen molar-refractivity contribution in [3.8, 4) is 0 Å². The lowest BCUT2D eigenvalue weighted by molar-refractivity contribution is -0.129. The third-order valence-electron chi connectivity index (χ3n) is 3.61. The van der Waals surface area contributed by atoms with Gasteiger partial charge in [-0.25, -0.2) is 9.78 Å². The molecule has 3 rings (SSSR count). The van der Waals surface area contributed by atoms with E-state index in [0.717, 1.165) is 11.3 Å². The average molecular weight is 344 g/mol. The third kappa shape index (κ3) is 3.28. The lowest BCUT2D eigenvalue weighted by atomic mass is 10.1. The number of carboxylic acids is 1. The molecule has 1 aliphatic heterocycles. The molecule has 1 atom stereocenters. The molecule has 2 N–H and O–H groups in total. The highest BCUT2D eigenvalue weighted by molar-refractivity contribution is 7.15. The SMILES string of the molecule is CCc1cnc(NC(=O)C2CC(C(=O)O)=NN2c2ccccc2)s1. The van der Waals surface area contributed by atoms with Crippen LogP contribution in [0.2, 0.25) is 0 Å². The Hall–Kier alpha value is -2.74. The first kappa shape index (κ1) is 16.1. The maximum Gasteiger partial charge on any atom is 0.352 e. The Bertz CT molecular complexity index is 788. The standard InChI is InChI=1S/C16H16N4O3S/c1-2-11-9-17-16(24-11)18-14(21)13-8-12(15(22)23)19-20(13)10-6-4-3-5-7-10/h3-7,9,13H,2,8H2,1H3,(H,22,23)(H,17,18,21). The van der Waals surface area contributed by atoms with Crippen LogP contribution in [0.4, 0.5) is 10.8 Å². The van der Waals surface area contributed by atoms with Crippen LogP contribution in [-0.4, -0.2) is 33.7 Å². The fourth-order valence-corrected chi connectivity index (χ4v) is 3.14. The molecule has 1 aromatic heterocycles. The first-order chi connectivity index (χ1) is 11.6. The van der Waals surface area contributed by atoms with E-state index in [2.05, 4.69) is 15.4 Å². The minimum Gasteiger partial charge on any atom is -0.477 e. The molecule has 7 nitrogen and oxygen atoms in total. The molecule has 1 aliphatic rings. The number of anilines is 2. The van der Waals surface area contributed by atoms with Gasteiger partial charge >= 0.3 is 5.97 Å². The van der Waals surface area contributed by atoms with Crippen LogP contribution < -0.4 is 10.3 Å². The summed E-state index contributed by atoms with van der Waals surface area (Å²) in [7, 11) is 0. The van der Waals surface area contributed by atoms with Gasteiger partial charge < -0.3 is 10.4 Å². The number of amides is 1. The zero-order valence-corrected chi connectivity index (χ0v) is 13.8. The lowest BCUT2D eigenvalue weighted by Gasteiger charge is -2.22. The van der Waals surface area contributed by atoms with E-state index >= 15 is 0 Å². The summed E-state index contributed by atoms with van der Waals surface area (Å²) in [5.41, 5.74) is 0.634. The van der Waals surface area contributed by atoms with Crippen molar-refractivity contribution in [2.24, 2.45) is 5.10 Å². The van der Waals surface area contributed by atoms with E-state index in [1.165, 1.54) is 16.3 Å². The van der Waals surface area contributed by atoms with Gasteiger partial charge in [-0.3, -0.25) is 9.80 Å². The van der Waals surface area contributed by atoms with Gasteiger partial charge in [0.15, 0.2) is 5.13 Å². The molecule has 24 heavy (non-hydrogen) atoms. The van der Waals surface area contributed by atoms with Crippen molar-refractivity contribution in [1.82, 2.24) is 4.98 Å². The largest absolute Gasteiger partial charge is 0.477 e. The van der Waals surface area contributed by atoms with Crippen molar-refractivity contribution < 1.29 is 14.7 Å². The van der Waals surface area contributed by atoms with Crippen LogP contribution in [0.3, 0.4) is 0 Å². The highest BCUT2D eigenvalue weighted by Gasteiger charge is 2.36. The van der Waals surface area contributed by atoms with E-state index in [1.807, 2.05) is 25.1 Å². The number of benzene rings is 1. The Morgan fingerprint density at radius 2 is 2.12 bits per heavy atom. The molecule has 0 aliphatic carbocycles. The summed E-state index contributed by atoms with van der Waals surface area (Å²) in [4.78, 5) is 29.1. The van der Waals surface area contributed by atoms with Crippen LogP contribution in [-0.2, 0) is 16.0 Å². The topological polar surface area (TPSA) is 94.9 Å². The molecular formula is C16H16N4O3S. The van der Waals surface area contributed by atoms with Gasteiger partial charge in [0.2, 0.25) is 0 Å². The highest BCUT2D eigenvalue weighted by Crippen LogP contribution is 2.26. The van der Waals surface area contributed by atoms with Crippen LogP contribution in [0.15, 0.2) is 41.6 Å². The Labute approximate surface area is 142 Å². The van der Waals surface area contributed by atoms with E-state index in [9.17, 15) is 14.7 Å². The summed E-state index contributed by atoms with van der Waals surface area (Å²) in [5, 5.41) is 18.0. The minimum absolute atomic E-state index is 0.0348. The molecule has 1 unspecified atom stereocenters. The molecule has 8 heteroatoms. The van der Waals surface area contributed by atoms with Gasteiger partial charge in [0, 0.05) is 17.5 Å². The number of carbonyl (C=O) groups is 2. The minimum atomic E-state index is -1.12. The number of nitrogens with zero attached hydrogens (tertiary/aromatic N) is 3. The van der Waals surface area contributed by atoms with Crippen molar-refractivity contribution in [3.05, 3.63) is 41.4 Å². The zero-order valence-electron chi connectivity index (χ0n) is 13.0. The van der Waals surface area contributed by atoms with Crippen LogP contribution >= 0.6 is 11.3 Å². The predicted molar refractivity (Wildman–Crippen MR) is 92.5 cm³/mol. The number of thiazole rings is 1. The Balaban J connectivity index is 1.82. The summed E-state index contributed by atoms with van der Waals surface area (Å²) in [6.45, 7) is 2.01. The smallest absolute Gasteiger partial charge is 0.352 e. The second-order valence-corrected chi connectivity index (χ2v) is 6.34. The zero-order chi connectivity index (χ0) is 17.1. The number of hydrazone groups is 1. The molecular weight excluding hydrogens is 328 g/mol. The monoisotopic (exact) mass is 344 g/mol. The molecule has 0 saturated heterocycles. The molecule has 0 radical (unpaired) electrons. The second-order valence-electron chi connectivity index (χ2n) is 5.23. The molecule has 0 bridgehead atoms. The average Bonchev–Trinajstić information content (AvgIpc) is 3.22. The molecule has 2 aromatic rings. The number of aromatic nitrogens is 1. The predicted octanol–water partition coefficient (Wildman–Crippen LogP) is 2.36. The van der Waals surface area contributed by atoms with Crippen molar-refractivity contribution in [1.29, 1.82) is 0 Å². The molecule has 1 aromatic carbocycles. The summed E-state index contributed by atoms with van der Waals surface area (Å²) in [6.07, 6.45) is 2.62. The lowest BCUT2D eigenvalue weighted by Crippen LogP contribution is -2.38. The van der Waals surface area contributed by atoms with Gasteiger partial charge in [-0.2, -0.15) is 5.10 Å². The first-order valence-corrected chi connectivity index (χ1v) is 8.30. The van der Waals surface area contributed by atoms with E-state index < -0.39 is 12.0 Å². The Kier molecular flexibility index (Phi) is 4.57. The van der Waals surface area contributed by atoms with Crippen LogP contribution in [0.5, 0.6) is 0 Å². The molecule has 2 heterocycles. The van der Waals surface area contributed by atoms with Crippen molar-refractivity contribution in [2.45, 2.75) is 25.8 Å². The number of hydrogen-bond donors (Lipinski definition) is 2. The highest BCUT2D eigenvalue weighted by atomic mass is 32.1. The molecule has 0 spiro atoms. The summed E-state index contributed by atoms with van der Waals surface area (Å²) in [5.74, 6) is -1.44. The number of aliphatic carboxylic acids is 1. The number of nitrogens with one attached hydrogen (secondary N) is 1. The number of hydrogen-bond acceptors (Lipinski definition) is 6. The third-order valence-corrected chi connectivity index (χ3v) is 4.67. The summed E-state index contributed by atoms with van der Waals surface area (Å²) in [6, 6.07) is 8.32. The Morgan fingerprint density at radius 3 is 2.75 bits per heavy atom. The number of aryl methyl sites for hydroxylation is 1. The molecule has 0 fully saturated rings. The second kappa shape index (κ2) is 6.79.